The van der Waals surface area contributed by atoms with Crippen LogP contribution in [0.2, 0.25) is 0 Å². The minimum atomic E-state index is -0.119. The second kappa shape index (κ2) is 15.2. The van der Waals surface area contributed by atoms with Crippen molar-refractivity contribution in [3.63, 3.8) is 0 Å². The van der Waals surface area contributed by atoms with Crippen LogP contribution in [0.25, 0.3) is 0 Å². The number of hydrogen-bond donors (Lipinski definition) is 1. The van der Waals surface area contributed by atoms with E-state index >= 15 is 0 Å². The number of rotatable bonds is 15. The SMILES string of the molecule is CCCCCC=CCC=CCCCCCCCC(=O)Oc1ccc2c(c1)CC[C@@H]1[C@@H]2CC[C@]2(C)[C@@H](O)CC[C@@H]12. The van der Waals surface area contributed by atoms with Crippen molar-refractivity contribution in [3.05, 3.63) is 53.6 Å². The lowest BCUT2D eigenvalue weighted by atomic mass is 9.55. The van der Waals surface area contributed by atoms with Crippen LogP contribution in [0.3, 0.4) is 0 Å². The summed E-state index contributed by atoms with van der Waals surface area (Å²) in [7, 11) is 0. The topological polar surface area (TPSA) is 46.5 Å². The number of carbonyl (C=O) groups is 1. The zero-order valence-electron chi connectivity index (χ0n) is 24.8. The first-order valence-corrected chi connectivity index (χ1v) is 16.3. The van der Waals surface area contributed by atoms with Gasteiger partial charge in [0, 0.05) is 6.42 Å². The Labute approximate surface area is 238 Å². The number of allylic oxidation sites excluding steroid dienone is 4. The highest BCUT2D eigenvalue weighted by Crippen LogP contribution is 2.60. The largest absolute Gasteiger partial charge is 0.427 e. The summed E-state index contributed by atoms with van der Waals surface area (Å²) in [5, 5.41) is 10.6. The highest BCUT2D eigenvalue weighted by Gasteiger charge is 2.54. The predicted molar refractivity (Wildman–Crippen MR) is 162 cm³/mol. The zero-order valence-corrected chi connectivity index (χ0v) is 24.8. The fourth-order valence-corrected chi connectivity index (χ4v) is 7.86. The third-order valence-corrected chi connectivity index (χ3v) is 10.2. The Bertz CT molecular complexity index is 962. The van der Waals surface area contributed by atoms with Gasteiger partial charge in [-0.25, -0.2) is 0 Å². The standard InChI is InChI=1S/C36H54O3/c1-3-4-5-6-7-8-9-10-11-12-13-14-15-16-17-18-35(38)39-29-20-22-30-28(27-29)19-21-32-31(30)25-26-36(2)33(32)23-24-34(36)37/h7-8,10-11,20,22,27,31-34,37H,3-6,9,12-19,21,23-26H2,1-2H3/t31-,32-,33+,34+,36+/m1/s1. The summed E-state index contributed by atoms with van der Waals surface area (Å²) in [5.74, 6) is 2.58. The summed E-state index contributed by atoms with van der Waals surface area (Å²) in [6.07, 6.45) is 29.4. The fraction of sp³-hybridized carbons (Fsp3) is 0.694. The maximum Gasteiger partial charge on any atom is 0.311 e. The Kier molecular flexibility index (Phi) is 11.7. The van der Waals surface area contributed by atoms with Gasteiger partial charge in [0.1, 0.15) is 5.75 Å². The van der Waals surface area contributed by atoms with E-state index < -0.39 is 0 Å². The maximum atomic E-state index is 12.5. The molecule has 3 heteroatoms. The minimum Gasteiger partial charge on any atom is -0.427 e. The fourth-order valence-electron chi connectivity index (χ4n) is 7.86. The Hall–Kier alpha value is -1.87. The summed E-state index contributed by atoms with van der Waals surface area (Å²) in [4.78, 5) is 12.5. The number of unbranched alkanes of at least 4 members (excludes halogenated alkanes) is 8. The van der Waals surface area contributed by atoms with E-state index in [0.29, 0.717) is 24.2 Å². The van der Waals surface area contributed by atoms with E-state index in [9.17, 15) is 9.90 Å². The highest BCUT2D eigenvalue weighted by molar-refractivity contribution is 5.72. The van der Waals surface area contributed by atoms with E-state index in [2.05, 4.69) is 50.3 Å². The van der Waals surface area contributed by atoms with Crippen LogP contribution in [0.4, 0.5) is 0 Å². The lowest BCUT2D eigenvalue weighted by molar-refractivity contribution is -0.134. The molecule has 2 fully saturated rings. The van der Waals surface area contributed by atoms with E-state index in [1.54, 1.807) is 0 Å². The molecule has 1 aromatic rings. The molecule has 5 atom stereocenters. The van der Waals surface area contributed by atoms with Gasteiger partial charge in [-0.05, 0) is 123 Å². The molecule has 0 aromatic heterocycles. The van der Waals surface area contributed by atoms with Gasteiger partial charge in [0.05, 0.1) is 6.10 Å². The van der Waals surface area contributed by atoms with E-state index in [1.165, 1.54) is 75.3 Å². The Morgan fingerprint density at radius 3 is 2.49 bits per heavy atom. The molecule has 1 N–H and O–H groups in total. The molecule has 0 amide bonds. The molecule has 3 aliphatic carbocycles. The van der Waals surface area contributed by atoms with Crippen molar-refractivity contribution in [3.8, 4) is 5.75 Å². The summed E-state index contributed by atoms with van der Waals surface area (Å²) in [5.41, 5.74) is 2.97. The third kappa shape index (κ3) is 8.09. The summed E-state index contributed by atoms with van der Waals surface area (Å²) in [6, 6.07) is 6.39. The van der Waals surface area contributed by atoms with Crippen molar-refractivity contribution in [2.75, 3.05) is 0 Å². The number of aliphatic hydroxyl groups is 1. The third-order valence-electron chi connectivity index (χ3n) is 10.2. The Morgan fingerprint density at radius 2 is 1.69 bits per heavy atom. The number of esters is 1. The number of carbonyl (C=O) groups excluding carboxylic acids is 1. The van der Waals surface area contributed by atoms with Gasteiger partial charge in [0.25, 0.3) is 0 Å². The Balaban J connectivity index is 1.09. The maximum absolute atomic E-state index is 12.5. The van der Waals surface area contributed by atoms with Gasteiger partial charge >= 0.3 is 5.97 Å². The molecule has 0 heterocycles. The quantitative estimate of drug-likeness (QED) is 0.105. The van der Waals surface area contributed by atoms with Gasteiger partial charge in [-0.15, -0.1) is 0 Å². The molecule has 0 spiro atoms. The first kappa shape index (κ1) is 30.1. The molecule has 3 nitrogen and oxygen atoms in total. The van der Waals surface area contributed by atoms with Gasteiger partial charge in [0.2, 0.25) is 0 Å². The number of benzene rings is 1. The molecule has 0 radical (unpaired) electrons. The highest BCUT2D eigenvalue weighted by atomic mass is 16.5. The smallest absolute Gasteiger partial charge is 0.311 e. The summed E-state index contributed by atoms with van der Waals surface area (Å²) < 4.78 is 5.75. The molecule has 4 rings (SSSR count). The molecular weight excluding hydrogens is 480 g/mol. The van der Waals surface area contributed by atoms with E-state index in [-0.39, 0.29) is 17.5 Å². The van der Waals surface area contributed by atoms with Crippen LogP contribution in [0.5, 0.6) is 5.75 Å². The summed E-state index contributed by atoms with van der Waals surface area (Å²) in [6.45, 7) is 4.58. The average Bonchev–Trinajstić information content (AvgIpc) is 3.24. The Morgan fingerprint density at radius 1 is 0.949 bits per heavy atom. The van der Waals surface area contributed by atoms with Gasteiger partial charge in [-0.2, -0.15) is 0 Å². The predicted octanol–water partition coefficient (Wildman–Crippen LogP) is 9.62. The van der Waals surface area contributed by atoms with Crippen molar-refractivity contribution in [1.82, 2.24) is 0 Å². The van der Waals surface area contributed by atoms with Crippen molar-refractivity contribution in [2.24, 2.45) is 17.3 Å². The van der Waals surface area contributed by atoms with E-state index in [0.717, 1.165) is 50.7 Å². The van der Waals surface area contributed by atoms with Crippen molar-refractivity contribution in [2.45, 2.75) is 141 Å². The van der Waals surface area contributed by atoms with E-state index in [1.807, 2.05) is 6.07 Å². The number of aliphatic hydroxyl groups excluding tert-OH is 1. The van der Waals surface area contributed by atoms with E-state index in [4.69, 9.17) is 4.74 Å². The molecular formula is C36H54O3. The molecule has 0 saturated heterocycles. The monoisotopic (exact) mass is 534 g/mol. The molecule has 0 unspecified atom stereocenters. The van der Waals surface area contributed by atoms with Crippen LogP contribution in [0.15, 0.2) is 42.5 Å². The molecule has 0 aliphatic heterocycles. The molecule has 0 bridgehead atoms. The van der Waals surface area contributed by atoms with Crippen molar-refractivity contribution >= 4 is 5.97 Å². The van der Waals surface area contributed by atoms with Gasteiger partial charge < -0.3 is 9.84 Å². The zero-order chi connectivity index (χ0) is 27.5. The lowest BCUT2D eigenvalue weighted by Crippen LogP contribution is -2.43. The average molecular weight is 535 g/mol. The minimum absolute atomic E-state index is 0.0947. The van der Waals surface area contributed by atoms with Crippen LogP contribution in [0.1, 0.15) is 140 Å². The second-order valence-corrected chi connectivity index (χ2v) is 12.9. The molecule has 216 valence electrons. The summed E-state index contributed by atoms with van der Waals surface area (Å²) >= 11 is 0. The van der Waals surface area contributed by atoms with Crippen LogP contribution < -0.4 is 4.74 Å². The van der Waals surface area contributed by atoms with Crippen LogP contribution in [0, 0.1) is 17.3 Å². The van der Waals surface area contributed by atoms with Crippen LogP contribution >= 0.6 is 0 Å². The first-order chi connectivity index (χ1) is 19.0. The van der Waals surface area contributed by atoms with Gasteiger partial charge in [-0.1, -0.05) is 76.3 Å². The van der Waals surface area contributed by atoms with Gasteiger partial charge in [-0.3, -0.25) is 4.79 Å². The lowest BCUT2D eigenvalue weighted by Gasteiger charge is -2.50. The normalized spacial score (nSPS) is 28.0. The number of hydrogen-bond acceptors (Lipinski definition) is 3. The first-order valence-electron chi connectivity index (χ1n) is 16.3. The van der Waals surface area contributed by atoms with Gasteiger partial charge in [0.15, 0.2) is 0 Å². The molecule has 1 aromatic carbocycles. The second-order valence-electron chi connectivity index (χ2n) is 12.9. The van der Waals surface area contributed by atoms with Crippen LogP contribution in [-0.4, -0.2) is 17.2 Å². The molecule has 3 aliphatic rings. The van der Waals surface area contributed by atoms with Crippen molar-refractivity contribution in [1.29, 1.82) is 0 Å². The number of fused-ring (bicyclic) bond motifs is 5. The van der Waals surface area contributed by atoms with Crippen molar-refractivity contribution < 1.29 is 14.6 Å². The van der Waals surface area contributed by atoms with Crippen LogP contribution in [-0.2, 0) is 11.2 Å². The number of aryl methyl sites for hydroxylation is 1. The number of ether oxygens (including phenoxy) is 1. The molecule has 39 heavy (non-hydrogen) atoms. The molecule has 2 saturated carbocycles.